The van der Waals surface area contributed by atoms with Gasteiger partial charge in [0.05, 0.1) is 6.20 Å². The molecule has 0 amide bonds. The summed E-state index contributed by atoms with van der Waals surface area (Å²) >= 11 is 0. The number of hydrogen-bond donors (Lipinski definition) is 0. The van der Waals surface area contributed by atoms with E-state index in [0.29, 0.717) is 11.3 Å². The van der Waals surface area contributed by atoms with Gasteiger partial charge >= 0.3 is 0 Å². The van der Waals surface area contributed by atoms with Gasteiger partial charge in [0.15, 0.2) is 11.7 Å². The summed E-state index contributed by atoms with van der Waals surface area (Å²) in [4.78, 5) is 14.1. The second kappa shape index (κ2) is 8.77. The first-order valence-corrected chi connectivity index (χ1v) is 8.84. The molecule has 1 unspecified atom stereocenters. The molecule has 3 aromatic rings. The Morgan fingerprint density at radius 3 is 2.46 bits per heavy atom. The molecular formula is C22H21N3O. The van der Waals surface area contributed by atoms with Crippen LogP contribution in [0.15, 0.2) is 66.9 Å². The van der Waals surface area contributed by atoms with Gasteiger partial charge in [0, 0.05) is 12.0 Å². The minimum Gasteiger partial charge on any atom is -0.287 e. The lowest BCUT2D eigenvalue weighted by Crippen LogP contribution is -2.13. The summed E-state index contributed by atoms with van der Waals surface area (Å²) in [6, 6.07) is 18.7. The highest BCUT2D eigenvalue weighted by Gasteiger charge is 2.17. The van der Waals surface area contributed by atoms with E-state index < -0.39 is 0 Å². The van der Waals surface area contributed by atoms with E-state index in [-0.39, 0.29) is 11.8 Å². The van der Waals surface area contributed by atoms with Crippen LogP contribution in [0.4, 0.5) is 0 Å². The summed E-state index contributed by atoms with van der Waals surface area (Å²) in [7, 11) is 0. The maximum atomic E-state index is 12.6. The van der Waals surface area contributed by atoms with E-state index in [4.69, 9.17) is 0 Å². The van der Waals surface area contributed by atoms with Crippen molar-refractivity contribution in [1.82, 2.24) is 15.0 Å². The molecule has 0 bridgehead atoms. The monoisotopic (exact) mass is 343 g/mol. The standard InChI is InChI=1S/C22H21N3O/c1-2-3-4-11-16-21(18-12-7-5-8-13-18)25-23-17-20(24-25)22(26)19-14-9-6-10-15-19/h5-10,12-15,17,21H,2-4H2,1H3. The normalized spacial score (nSPS) is 11.4. The topological polar surface area (TPSA) is 47.8 Å². The van der Waals surface area contributed by atoms with E-state index in [1.54, 1.807) is 12.1 Å². The van der Waals surface area contributed by atoms with Crippen molar-refractivity contribution in [3.05, 3.63) is 83.7 Å². The molecule has 0 aliphatic heterocycles. The summed E-state index contributed by atoms with van der Waals surface area (Å²) in [5.41, 5.74) is 1.93. The first kappa shape index (κ1) is 17.6. The highest BCUT2D eigenvalue weighted by molar-refractivity contribution is 6.07. The molecule has 4 nitrogen and oxygen atoms in total. The molecule has 0 saturated carbocycles. The molecule has 3 rings (SSSR count). The number of nitrogens with zero attached hydrogens (tertiary/aromatic N) is 3. The van der Waals surface area contributed by atoms with E-state index in [1.807, 2.05) is 48.5 Å². The molecule has 0 aliphatic rings. The van der Waals surface area contributed by atoms with Crippen LogP contribution in [-0.4, -0.2) is 20.8 Å². The Bertz CT molecular complexity index is 905. The summed E-state index contributed by atoms with van der Waals surface area (Å²) < 4.78 is 0. The molecule has 1 atom stereocenters. The SMILES string of the molecule is CCCCC#CC(c1ccccc1)n1ncc(C(=O)c2ccccc2)n1. The van der Waals surface area contributed by atoms with Crippen LogP contribution in [0, 0.1) is 11.8 Å². The lowest BCUT2D eigenvalue weighted by molar-refractivity contribution is 0.103. The van der Waals surface area contributed by atoms with Gasteiger partial charge in [-0.3, -0.25) is 4.79 Å². The highest BCUT2D eigenvalue weighted by atomic mass is 16.1. The third-order valence-corrected chi connectivity index (χ3v) is 4.02. The fraction of sp³-hybridized carbons (Fsp3) is 0.227. The van der Waals surface area contributed by atoms with E-state index in [1.165, 1.54) is 11.0 Å². The number of benzene rings is 2. The van der Waals surface area contributed by atoms with Crippen LogP contribution in [0.5, 0.6) is 0 Å². The Labute approximate surface area is 153 Å². The van der Waals surface area contributed by atoms with Crippen molar-refractivity contribution in [2.45, 2.75) is 32.2 Å². The molecular weight excluding hydrogens is 322 g/mol. The van der Waals surface area contributed by atoms with Gasteiger partial charge in [0.2, 0.25) is 5.78 Å². The molecule has 4 heteroatoms. The molecule has 0 radical (unpaired) electrons. The zero-order chi connectivity index (χ0) is 18.2. The van der Waals surface area contributed by atoms with Crippen molar-refractivity contribution in [3.63, 3.8) is 0 Å². The number of aromatic nitrogens is 3. The van der Waals surface area contributed by atoms with Crippen molar-refractivity contribution in [1.29, 1.82) is 0 Å². The van der Waals surface area contributed by atoms with Gasteiger partial charge in [-0.05, 0) is 12.0 Å². The largest absolute Gasteiger partial charge is 0.287 e. The van der Waals surface area contributed by atoms with Crippen molar-refractivity contribution in [2.75, 3.05) is 0 Å². The summed E-state index contributed by atoms with van der Waals surface area (Å²) in [6.07, 6.45) is 4.54. The number of rotatable bonds is 6. The van der Waals surface area contributed by atoms with Crippen molar-refractivity contribution in [2.24, 2.45) is 0 Å². The van der Waals surface area contributed by atoms with E-state index in [2.05, 4.69) is 29.0 Å². The van der Waals surface area contributed by atoms with Gasteiger partial charge in [0.25, 0.3) is 0 Å². The van der Waals surface area contributed by atoms with Crippen LogP contribution < -0.4 is 0 Å². The van der Waals surface area contributed by atoms with Crippen LogP contribution in [0.2, 0.25) is 0 Å². The molecule has 0 saturated heterocycles. The molecule has 26 heavy (non-hydrogen) atoms. The Morgan fingerprint density at radius 2 is 1.77 bits per heavy atom. The van der Waals surface area contributed by atoms with Crippen molar-refractivity contribution in [3.8, 4) is 11.8 Å². The van der Waals surface area contributed by atoms with Crippen molar-refractivity contribution < 1.29 is 4.79 Å². The zero-order valence-electron chi connectivity index (χ0n) is 14.8. The van der Waals surface area contributed by atoms with Gasteiger partial charge in [0.1, 0.15) is 0 Å². The lowest BCUT2D eigenvalue weighted by atomic mass is 10.1. The number of carbonyl (C=O) groups is 1. The molecule has 2 aromatic carbocycles. The molecule has 0 aliphatic carbocycles. The summed E-state index contributed by atoms with van der Waals surface area (Å²) in [5, 5.41) is 8.74. The molecule has 1 aromatic heterocycles. The van der Waals surface area contributed by atoms with Crippen LogP contribution in [0.25, 0.3) is 0 Å². The number of hydrogen-bond acceptors (Lipinski definition) is 3. The first-order chi connectivity index (χ1) is 12.8. The Morgan fingerprint density at radius 1 is 1.08 bits per heavy atom. The van der Waals surface area contributed by atoms with Crippen LogP contribution in [-0.2, 0) is 0 Å². The maximum Gasteiger partial charge on any atom is 0.214 e. The molecule has 0 N–H and O–H groups in total. The lowest BCUT2D eigenvalue weighted by Gasteiger charge is -2.10. The number of unbranched alkanes of at least 4 members (excludes halogenated alkanes) is 2. The second-order valence-electron chi connectivity index (χ2n) is 5.98. The molecule has 0 fully saturated rings. The van der Waals surface area contributed by atoms with E-state index in [9.17, 15) is 4.79 Å². The Balaban J connectivity index is 1.89. The Kier molecular flexibility index (Phi) is 5.95. The average molecular weight is 343 g/mol. The molecule has 0 spiro atoms. The first-order valence-electron chi connectivity index (χ1n) is 8.84. The molecule has 1 heterocycles. The van der Waals surface area contributed by atoms with Crippen LogP contribution >= 0.6 is 0 Å². The van der Waals surface area contributed by atoms with Gasteiger partial charge in [-0.15, -0.1) is 11.0 Å². The van der Waals surface area contributed by atoms with Gasteiger partial charge < -0.3 is 0 Å². The number of carbonyl (C=O) groups excluding carboxylic acids is 1. The number of ketones is 1. The predicted octanol–water partition coefficient (Wildman–Crippen LogP) is 4.29. The smallest absolute Gasteiger partial charge is 0.214 e. The average Bonchev–Trinajstić information content (AvgIpc) is 3.18. The highest BCUT2D eigenvalue weighted by Crippen LogP contribution is 2.17. The quantitative estimate of drug-likeness (QED) is 0.381. The third kappa shape index (κ3) is 4.25. The van der Waals surface area contributed by atoms with E-state index >= 15 is 0 Å². The summed E-state index contributed by atoms with van der Waals surface area (Å²) in [5.74, 6) is 6.34. The minimum absolute atomic E-state index is 0.136. The van der Waals surface area contributed by atoms with Crippen molar-refractivity contribution >= 4 is 5.78 Å². The zero-order valence-corrected chi connectivity index (χ0v) is 14.8. The maximum absolute atomic E-state index is 12.6. The second-order valence-corrected chi connectivity index (χ2v) is 5.98. The van der Waals surface area contributed by atoms with Crippen LogP contribution in [0.3, 0.4) is 0 Å². The van der Waals surface area contributed by atoms with E-state index in [0.717, 1.165) is 24.8 Å². The predicted molar refractivity (Wildman–Crippen MR) is 102 cm³/mol. The minimum atomic E-state index is -0.301. The third-order valence-electron chi connectivity index (χ3n) is 4.02. The van der Waals surface area contributed by atoms with Gasteiger partial charge in [-0.2, -0.15) is 9.90 Å². The fourth-order valence-electron chi connectivity index (χ4n) is 2.59. The summed E-state index contributed by atoms with van der Waals surface area (Å²) in [6.45, 7) is 2.15. The molecule has 130 valence electrons. The van der Waals surface area contributed by atoms with Gasteiger partial charge in [-0.25, -0.2) is 0 Å². The van der Waals surface area contributed by atoms with Gasteiger partial charge in [-0.1, -0.05) is 79.9 Å². The van der Waals surface area contributed by atoms with Crippen LogP contribution in [0.1, 0.15) is 53.8 Å². The Hall–Kier alpha value is -3.19. The fourth-order valence-corrected chi connectivity index (χ4v) is 2.59.